The monoisotopic (exact) mass is 667 g/mol. The molecule has 0 amide bonds. The molecule has 1 nitrogen and oxygen atoms in total. The first-order valence-electron chi connectivity index (χ1n) is 20.4. The highest BCUT2D eigenvalue weighted by Gasteiger charge is 2.51. The zero-order valence-corrected chi connectivity index (χ0v) is 30.2. The van der Waals surface area contributed by atoms with Gasteiger partial charge in [-0.2, -0.15) is 0 Å². The van der Waals surface area contributed by atoms with Gasteiger partial charge in [0.1, 0.15) is 0 Å². The minimum atomic E-state index is 0.426. The number of hydrogen-bond donors (Lipinski definition) is 0. The standard InChI is InChI=1S/C50H53N/c1-2-7-42(8-3-1)43-11-13-44(14-12-43)45-15-21-48(22-16-45)51(47-19-9-35(10-20-47)25-38-27-36-5-4-6-37(26-36)28-38)49-23-17-46(18-24-49)50-32-39-29-40(33-50)31-41(30-39)34-50/h1-3,7-24,36-41H,4-6,25-34H2. The SMILES string of the molecule is c1ccc(-c2ccc(-c3ccc(N(c4ccc(CC5CC6CCCC(C6)C5)cc4)c4ccc(C56CC7CC(CC(C7)C5)C6)cc4)cc3)cc2)cc1. The normalized spacial score (nSPS) is 29.2. The summed E-state index contributed by atoms with van der Waals surface area (Å²) in [6.45, 7) is 0. The van der Waals surface area contributed by atoms with E-state index in [1.807, 2.05) is 0 Å². The van der Waals surface area contributed by atoms with Crippen molar-refractivity contribution in [1.29, 1.82) is 0 Å². The molecule has 2 atom stereocenters. The Kier molecular flexibility index (Phi) is 8.15. The molecular weight excluding hydrogens is 615 g/mol. The molecule has 11 rings (SSSR count). The second kappa shape index (κ2) is 13.1. The van der Waals surface area contributed by atoms with Gasteiger partial charge in [0.2, 0.25) is 0 Å². The number of anilines is 3. The van der Waals surface area contributed by atoms with Crippen molar-refractivity contribution in [2.24, 2.45) is 35.5 Å². The topological polar surface area (TPSA) is 3.24 Å². The van der Waals surface area contributed by atoms with E-state index in [1.165, 1.54) is 128 Å². The molecule has 258 valence electrons. The lowest BCUT2D eigenvalue weighted by Crippen LogP contribution is -2.48. The summed E-state index contributed by atoms with van der Waals surface area (Å²) in [6.07, 6.45) is 18.8. The number of hydrogen-bond acceptors (Lipinski definition) is 1. The number of nitrogens with zero attached hydrogens (tertiary/aromatic N) is 1. The highest BCUT2D eigenvalue weighted by atomic mass is 15.1. The van der Waals surface area contributed by atoms with E-state index in [4.69, 9.17) is 0 Å². The molecule has 0 aliphatic heterocycles. The van der Waals surface area contributed by atoms with E-state index in [9.17, 15) is 0 Å². The van der Waals surface area contributed by atoms with Gasteiger partial charge < -0.3 is 4.90 Å². The second-order valence-corrected chi connectivity index (χ2v) is 17.7. The fourth-order valence-electron chi connectivity index (χ4n) is 12.3. The largest absolute Gasteiger partial charge is 0.311 e. The molecular formula is C50H53N. The lowest BCUT2D eigenvalue weighted by Gasteiger charge is -2.57. The van der Waals surface area contributed by atoms with Crippen LogP contribution in [0.15, 0.2) is 127 Å². The van der Waals surface area contributed by atoms with Crippen LogP contribution in [0.4, 0.5) is 17.1 Å². The summed E-state index contributed by atoms with van der Waals surface area (Å²) >= 11 is 0. The van der Waals surface area contributed by atoms with E-state index < -0.39 is 0 Å². The Morgan fingerprint density at radius 1 is 0.431 bits per heavy atom. The average molecular weight is 668 g/mol. The zero-order valence-electron chi connectivity index (χ0n) is 30.2. The third-order valence-corrected chi connectivity index (χ3v) is 14.2. The first kappa shape index (κ1) is 31.6. The molecule has 0 spiro atoms. The van der Waals surface area contributed by atoms with Gasteiger partial charge in [-0.3, -0.25) is 0 Å². The van der Waals surface area contributed by atoms with Gasteiger partial charge in [0.25, 0.3) is 0 Å². The van der Waals surface area contributed by atoms with Crippen LogP contribution in [0.25, 0.3) is 22.3 Å². The molecule has 6 aliphatic rings. The van der Waals surface area contributed by atoms with Gasteiger partial charge in [-0.25, -0.2) is 0 Å². The van der Waals surface area contributed by atoms with Gasteiger partial charge >= 0.3 is 0 Å². The second-order valence-electron chi connectivity index (χ2n) is 17.7. The van der Waals surface area contributed by atoms with Crippen molar-refractivity contribution in [2.45, 2.75) is 88.9 Å². The van der Waals surface area contributed by atoms with Crippen molar-refractivity contribution in [3.63, 3.8) is 0 Å². The van der Waals surface area contributed by atoms with Gasteiger partial charge in [0, 0.05) is 17.1 Å². The van der Waals surface area contributed by atoms with Gasteiger partial charge in [-0.05, 0) is 175 Å². The van der Waals surface area contributed by atoms with E-state index in [1.54, 1.807) is 5.56 Å². The van der Waals surface area contributed by atoms with Crippen LogP contribution >= 0.6 is 0 Å². The Balaban J connectivity index is 0.937. The van der Waals surface area contributed by atoms with E-state index in [-0.39, 0.29) is 0 Å². The quantitative estimate of drug-likeness (QED) is 0.159. The minimum Gasteiger partial charge on any atom is -0.311 e. The van der Waals surface area contributed by atoms with Crippen LogP contribution < -0.4 is 4.90 Å². The Morgan fingerprint density at radius 2 is 0.863 bits per heavy atom. The van der Waals surface area contributed by atoms with Gasteiger partial charge in [0.15, 0.2) is 0 Å². The van der Waals surface area contributed by atoms with Crippen LogP contribution in [-0.2, 0) is 11.8 Å². The highest BCUT2D eigenvalue weighted by molar-refractivity contribution is 5.79. The molecule has 0 radical (unpaired) electrons. The van der Waals surface area contributed by atoms with Crippen molar-refractivity contribution in [2.75, 3.05) is 4.90 Å². The van der Waals surface area contributed by atoms with Crippen LogP contribution in [0.5, 0.6) is 0 Å². The van der Waals surface area contributed by atoms with Crippen LogP contribution in [0.2, 0.25) is 0 Å². The number of benzene rings is 5. The first-order chi connectivity index (χ1) is 25.1. The van der Waals surface area contributed by atoms with Crippen LogP contribution in [0, 0.1) is 35.5 Å². The maximum absolute atomic E-state index is 2.51. The maximum Gasteiger partial charge on any atom is 0.0462 e. The molecule has 0 heterocycles. The lowest BCUT2D eigenvalue weighted by molar-refractivity contribution is -0.00518. The Hall–Kier alpha value is -4.10. The van der Waals surface area contributed by atoms with Gasteiger partial charge in [0.05, 0.1) is 0 Å². The van der Waals surface area contributed by atoms with E-state index >= 15 is 0 Å². The fourth-order valence-corrected chi connectivity index (χ4v) is 12.3. The predicted molar refractivity (Wildman–Crippen MR) is 214 cm³/mol. The molecule has 6 bridgehead atoms. The van der Waals surface area contributed by atoms with Crippen molar-refractivity contribution in [3.05, 3.63) is 139 Å². The molecule has 2 unspecified atom stereocenters. The molecule has 6 saturated carbocycles. The average Bonchev–Trinajstić information content (AvgIpc) is 3.16. The fraction of sp³-hybridized carbons (Fsp3) is 0.400. The lowest BCUT2D eigenvalue weighted by atomic mass is 9.48. The Bertz CT molecular complexity index is 1890. The molecule has 6 fully saturated rings. The van der Waals surface area contributed by atoms with Crippen LogP contribution in [0.1, 0.15) is 88.2 Å². The maximum atomic E-state index is 2.51. The summed E-state index contributed by atoms with van der Waals surface area (Å²) in [7, 11) is 0. The first-order valence-corrected chi connectivity index (χ1v) is 20.4. The molecule has 51 heavy (non-hydrogen) atoms. The summed E-state index contributed by atoms with van der Waals surface area (Å²) in [6, 6.07) is 48.4. The number of fused-ring (bicyclic) bond motifs is 2. The molecule has 5 aromatic rings. The Morgan fingerprint density at radius 3 is 1.39 bits per heavy atom. The van der Waals surface area contributed by atoms with Gasteiger partial charge in [-0.1, -0.05) is 110 Å². The van der Waals surface area contributed by atoms with Crippen molar-refractivity contribution in [1.82, 2.24) is 0 Å². The third-order valence-electron chi connectivity index (χ3n) is 14.2. The van der Waals surface area contributed by atoms with Gasteiger partial charge in [-0.15, -0.1) is 0 Å². The third kappa shape index (κ3) is 6.26. The molecule has 0 N–H and O–H groups in total. The summed E-state index contributed by atoms with van der Waals surface area (Å²) in [5, 5.41) is 0. The van der Waals surface area contributed by atoms with Crippen molar-refractivity contribution < 1.29 is 0 Å². The van der Waals surface area contributed by atoms with Crippen LogP contribution in [0.3, 0.4) is 0 Å². The van der Waals surface area contributed by atoms with E-state index in [0.29, 0.717) is 5.41 Å². The highest BCUT2D eigenvalue weighted by Crippen LogP contribution is 2.61. The molecule has 5 aromatic carbocycles. The summed E-state index contributed by atoms with van der Waals surface area (Å²) < 4.78 is 0. The smallest absolute Gasteiger partial charge is 0.0462 e. The van der Waals surface area contributed by atoms with Crippen molar-refractivity contribution >= 4 is 17.1 Å². The molecule has 0 aromatic heterocycles. The minimum absolute atomic E-state index is 0.426. The Labute approximate surface area is 306 Å². The van der Waals surface area contributed by atoms with E-state index in [2.05, 4.69) is 132 Å². The zero-order chi connectivity index (χ0) is 33.8. The van der Waals surface area contributed by atoms with Crippen molar-refractivity contribution in [3.8, 4) is 22.3 Å². The van der Waals surface area contributed by atoms with E-state index in [0.717, 1.165) is 35.5 Å². The summed E-state index contributed by atoms with van der Waals surface area (Å²) in [4.78, 5) is 2.49. The number of rotatable bonds is 8. The molecule has 6 aliphatic carbocycles. The predicted octanol–water partition coefficient (Wildman–Crippen LogP) is 13.7. The summed E-state index contributed by atoms with van der Waals surface area (Å²) in [5.74, 6) is 5.74. The molecule has 0 saturated heterocycles. The molecule has 1 heteroatoms. The summed E-state index contributed by atoms with van der Waals surface area (Å²) in [5.41, 5.74) is 12.3. The van der Waals surface area contributed by atoms with Crippen LogP contribution in [-0.4, -0.2) is 0 Å².